The maximum absolute atomic E-state index is 11.8. The van der Waals surface area contributed by atoms with Crippen LogP contribution in [0.2, 0.25) is 0 Å². The molecule has 1 saturated carbocycles. The Morgan fingerprint density at radius 2 is 1.89 bits per heavy atom. The van der Waals surface area contributed by atoms with Gasteiger partial charge in [-0.05, 0) is 31.7 Å². The molecule has 3 aromatic rings. The molecular weight excluding hydrogens is 496 g/mol. The second-order valence-electron chi connectivity index (χ2n) is 9.36. The van der Waals surface area contributed by atoms with Crippen LogP contribution >= 0.6 is 0 Å². The fourth-order valence-electron chi connectivity index (χ4n) is 4.77. The van der Waals surface area contributed by atoms with Crippen molar-refractivity contribution in [2.45, 2.75) is 37.8 Å². The lowest BCUT2D eigenvalue weighted by atomic mass is 9.92. The summed E-state index contributed by atoms with van der Waals surface area (Å²) in [5.74, 6) is 2.02. The van der Waals surface area contributed by atoms with Gasteiger partial charge in [0.2, 0.25) is 15.9 Å². The highest BCUT2D eigenvalue weighted by atomic mass is 32.2. The average molecular weight is 529 g/mol. The average Bonchev–Trinajstić information content (AvgIpc) is 2.90. The Morgan fingerprint density at radius 1 is 1.11 bits per heavy atom. The first kappa shape index (κ1) is 25.3. The van der Waals surface area contributed by atoms with Crippen molar-refractivity contribution in [1.29, 1.82) is 0 Å². The number of hydrogen-bond acceptors (Lipinski definition) is 10. The molecule has 2 aliphatic rings. The highest BCUT2D eigenvalue weighted by molar-refractivity contribution is 7.92. The number of ether oxygens (including phenoxy) is 3. The molecule has 5 rings (SSSR count). The monoisotopic (exact) mass is 528 g/mol. The van der Waals surface area contributed by atoms with E-state index in [9.17, 15) is 8.42 Å². The second-order valence-corrected chi connectivity index (χ2v) is 11.1. The number of rotatable bonds is 8. The van der Waals surface area contributed by atoms with E-state index in [2.05, 4.69) is 24.9 Å². The molecule has 2 N–H and O–H groups in total. The van der Waals surface area contributed by atoms with Gasteiger partial charge in [0, 0.05) is 37.5 Å². The maximum Gasteiger partial charge on any atom is 0.229 e. The molecule has 198 valence electrons. The molecule has 1 saturated heterocycles. The Kier molecular flexibility index (Phi) is 7.47. The number of morpholine rings is 1. The minimum atomic E-state index is -3.44. The van der Waals surface area contributed by atoms with Crippen LogP contribution in [-0.2, 0) is 14.8 Å². The molecule has 1 aliphatic heterocycles. The smallest absolute Gasteiger partial charge is 0.229 e. The van der Waals surface area contributed by atoms with E-state index in [-0.39, 0.29) is 12.1 Å². The van der Waals surface area contributed by atoms with Gasteiger partial charge >= 0.3 is 0 Å². The summed E-state index contributed by atoms with van der Waals surface area (Å²) in [5, 5.41) is 4.22. The van der Waals surface area contributed by atoms with Crippen molar-refractivity contribution >= 4 is 38.1 Å². The van der Waals surface area contributed by atoms with Gasteiger partial charge in [-0.1, -0.05) is 0 Å². The van der Waals surface area contributed by atoms with E-state index in [1.54, 1.807) is 25.6 Å². The lowest BCUT2D eigenvalue weighted by Gasteiger charge is -2.31. The van der Waals surface area contributed by atoms with E-state index in [0.29, 0.717) is 35.7 Å². The van der Waals surface area contributed by atoms with Gasteiger partial charge in [-0.15, -0.1) is 0 Å². The van der Waals surface area contributed by atoms with Crippen LogP contribution in [0.4, 0.5) is 17.2 Å². The van der Waals surface area contributed by atoms with Crippen LogP contribution in [0, 0.1) is 0 Å². The quantitative estimate of drug-likeness (QED) is 0.450. The van der Waals surface area contributed by atoms with Crippen molar-refractivity contribution in [3.05, 3.63) is 36.8 Å². The molecule has 0 amide bonds. The third-order valence-electron chi connectivity index (χ3n) is 6.58. The third kappa shape index (κ3) is 6.31. The summed E-state index contributed by atoms with van der Waals surface area (Å²) in [6.45, 7) is 2.75. The SMILES string of the molecule is COc1ccncc1NC1CCC(Oc2nc(N3CCOCC3)cc3ncc(NS(C)(=O)=O)cc23)CC1. The molecule has 0 bridgehead atoms. The van der Waals surface area contributed by atoms with Crippen molar-refractivity contribution in [3.8, 4) is 11.6 Å². The van der Waals surface area contributed by atoms with Crippen LogP contribution in [0.15, 0.2) is 36.8 Å². The Morgan fingerprint density at radius 3 is 2.62 bits per heavy atom. The van der Waals surface area contributed by atoms with E-state index < -0.39 is 10.0 Å². The topological polar surface area (TPSA) is 128 Å². The van der Waals surface area contributed by atoms with Crippen LogP contribution in [0.3, 0.4) is 0 Å². The molecular formula is C25H32N6O5S. The Labute approximate surface area is 216 Å². The lowest BCUT2D eigenvalue weighted by Crippen LogP contribution is -2.37. The number of pyridine rings is 3. The number of anilines is 3. The van der Waals surface area contributed by atoms with Gasteiger partial charge in [0.05, 0.1) is 61.3 Å². The zero-order valence-corrected chi connectivity index (χ0v) is 21.8. The van der Waals surface area contributed by atoms with Crippen LogP contribution in [0.1, 0.15) is 25.7 Å². The maximum atomic E-state index is 11.8. The first-order valence-electron chi connectivity index (χ1n) is 12.4. The zero-order chi connectivity index (χ0) is 25.8. The molecule has 2 fully saturated rings. The Hall–Kier alpha value is -3.38. The molecule has 4 heterocycles. The standard InChI is InChI=1S/C25H32N6O5S/c1-34-23-7-8-26-16-22(23)28-17-3-5-19(6-4-17)36-25-20-13-18(30-37(2,32)33)15-27-21(20)14-24(29-25)31-9-11-35-12-10-31/h7-8,13-17,19,28,30H,3-6,9-12H2,1-2H3. The van der Waals surface area contributed by atoms with Crippen molar-refractivity contribution in [3.63, 3.8) is 0 Å². The minimum absolute atomic E-state index is 0.0176. The van der Waals surface area contributed by atoms with Crippen LogP contribution in [0.5, 0.6) is 11.6 Å². The zero-order valence-electron chi connectivity index (χ0n) is 21.0. The van der Waals surface area contributed by atoms with Gasteiger partial charge in [0.1, 0.15) is 17.7 Å². The predicted octanol–water partition coefficient (Wildman–Crippen LogP) is 3.04. The fourth-order valence-corrected chi connectivity index (χ4v) is 5.31. The second kappa shape index (κ2) is 10.9. The summed E-state index contributed by atoms with van der Waals surface area (Å²) >= 11 is 0. The van der Waals surface area contributed by atoms with E-state index in [4.69, 9.17) is 19.2 Å². The van der Waals surface area contributed by atoms with Crippen LogP contribution < -0.4 is 24.4 Å². The van der Waals surface area contributed by atoms with Crippen LogP contribution in [0.25, 0.3) is 10.9 Å². The lowest BCUT2D eigenvalue weighted by molar-refractivity contribution is 0.122. The van der Waals surface area contributed by atoms with Gasteiger partial charge in [-0.25, -0.2) is 8.42 Å². The van der Waals surface area contributed by atoms with Gasteiger partial charge in [0.15, 0.2) is 0 Å². The largest absolute Gasteiger partial charge is 0.494 e. The number of hydrogen-bond donors (Lipinski definition) is 2. The van der Waals surface area contributed by atoms with Crippen molar-refractivity contribution in [2.75, 3.05) is 54.6 Å². The van der Waals surface area contributed by atoms with Gasteiger partial charge in [0.25, 0.3) is 0 Å². The normalized spacial score (nSPS) is 20.4. The highest BCUT2D eigenvalue weighted by Crippen LogP contribution is 2.33. The summed E-state index contributed by atoms with van der Waals surface area (Å²) in [5.41, 5.74) is 1.96. The van der Waals surface area contributed by atoms with Gasteiger partial charge in [-0.2, -0.15) is 4.98 Å². The molecule has 3 aromatic heterocycles. The molecule has 0 atom stereocenters. The Balaban J connectivity index is 1.35. The summed E-state index contributed by atoms with van der Waals surface area (Å²) < 4.78 is 43.5. The molecule has 0 spiro atoms. The molecule has 0 aromatic carbocycles. The summed E-state index contributed by atoms with van der Waals surface area (Å²) in [7, 11) is -1.79. The predicted molar refractivity (Wildman–Crippen MR) is 142 cm³/mol. The molecule has 0 unspecified atom stereocenters. The van der Waals surface area contributed by atoms with Gasteiger partial charge < -0.3 is 24.4 Å². The number of fused-ring (bicyclic) bond motifs is 1. The van der Waals surface area contributed by atoms with Crippen molar-refractivity contribution < 1.29 is 22.6 Å². The first-order valence-corrected chi connectivity index (χ1v) is 14.3. The van der Waals surface area contributed by atoms with E-state index >= 15 is 0 Å². The molecule has 0 radical (unpaired) electrons. The number of nitrogens with one attached hydrogen (secondary N) is 2. The Bertz CT molecular complexity index is 1340. The highest BCUT2D eigenvalue weighted by Gasteiger charge is 2.25. The number of nitrogens with zero attached hydrogens (tertiary/aromatic N) is 4. The summed E-state index contributed by atoms with van der Waals surface area (Å²) in [6, 6.07) is 5.78. The summed E-state index contributed by atoms with van der Waals surface area (Å²) in [6.07, 6.45) is 9.64. The molecule has 1 aliphatic carbocycles. The number of aromatic nitrogens is 3. The van der Waals surface area contributed by atoms with E-state index in [0.717, 1.165) is 62.3 Å². The number of sulfonamides is 1. The minimum Gasteiger partial charge on any atom is -0.494 e. The third-order valence-corrected chi connectivity index (χ3v) is 7.19. The number of methoxy groups -OCH3 is 1. The molecule has 11 nitrogen and oxygen atoms in total. The van der Waals surface area contributed by atoms with E-state index in [1.807, 2.05) is 12.1 Å². The first-order chi connectivity index (χ1) is 17.9. The molecule has 37 heavy (non-hydrogen) atoms. The van der Waals surface area contributed by atoms with E-state index in [1.165, 1.54) is 6.20 Å². The summed E-state index contributed by atoms with van der Waals surface area (Å²) in [4.78, 5) is 15.7. The fraction of sp³-hybridized carbons (Fsp3) is 0.480. The van der Waals surface area contributed by atoms with Crippen LogP contribution in [-0.4, -0.2) is 75.2 Å². The van der Waals surface area contributed by atoms with Gasteiger partial charge in [-0.3, -0.25) is 14.7 Å². The van der Waals surface area contributed by atoms with Crippen molar-refractivity contribution in [2.24, 2.45) is 0 Å². The van der Waals surface area contributed by atoms with Crippen molar-refractivity contribution in [1.82, 2.24) is 15.0 Å². The molecule has 12 heteroatoms.